The van der Waals surface area contributed by atoms with Crippen LogP contribution in [-0.2, 0) is 0 Å². The smallest absolute Gasteiger partial charge is 0.335 e. The number of carbonyl (C=O) groups excluding carboxylic acids is 2. The zero-order valence-electron chi connectivity index (χ0n) is 10.4. The van der Waals surface area contributed by atoms with E-state index in [1.165, 1.54) is 23.1 Å². The van der Waals surface area contributed by atoms with Crippen molar-refractivity contribution < 1.29 is 19.5 Å². The zero-order chi connectivity index (χ0) is 13.7. The summed E-state index contributed by atoms with van der Waals surface area (Å²) in [6.07, 6.45) is 1.66. The fraction of sp³-hybridized carbons (Fsp3) is 0.357. The summed E-state index contributed by atoms with van der Waals surface area (Å²) in [6.45, 7) is 2.08. The third kappa shape index (κ3) is 1.65. The predicted molar refractivity (Wildman–Crippen MR) is 66.1 cm³/mol. The molecule has 5 heteroatoms. The Labute approximate surface area is 109 Å². The Morgan fingerprint density at radius 1 is 1.21 bits per heavy atom. The van der Waals surface area contributed by atoms with Gasteiger partial charge in [-0.25, -0.2) is 4.79 Å². The number of carboxylic acids is 1. The molecular weight excluding hydrogens is 246 g/mol. The molecule has 98 valence electrons. The first kappa shape index (κ1) is 11.9. The van der Waals surface area contributed by atoms with Gasteiger partial charge in [-0.2, -0.15) is 0 Å². The highest BCUT2D eigenvalue weighted by molar-refractivity contribution is 6.22. The average molecular weight is 259 g/mol. The van der Waals surface area contributed by atoms with Gasteiger partial charge in [0, 0.05) is 6.04 Å². The minimum Gasteiger partial charge on any atom is -0.478 e. The molecule has 1 N–H and O–H groups in total. The van der Waals surface area contributed by atoms with Crippen LogP contribution in [0.4, 0.5) is 0 Å². The van der Waals surface area contributed by atoms with Crippen LogP contribution in [0.15, 0.2) is 18.2 Å². The van der Waals surface area contributed by atoms with Gasteiger partial charge in [0.15, 0.2) is 0 Å². The lowest BCUT2D eigenvalue weighted by atomic mass is 9.81. The molecule has 0 aromatic heterocycles. The maximum Gasteiger partial charge on any atom is 0.335 e. The van der Waals surface area contributed by atoms with Gasteiger partial charge in [-0.05, 0) is 37.0 Å². The van der Waals surface area contributed by atoms with E-state index in [4.69, 9.17) is 5.11 Å². The molecular formula is C14H13NO4. The Morgan fingerprint density at radius 3 is 2.42 bits per heavy atom. The SMILES string of the molecule is CC1CC(N2C(=O)c3ccc(C(=O)O)cc3C2=O)C1. The van der Waals surface area contributed by atoms with Crippen LogP contribution in [0.3, 0.4) is 0 Å². The standard InChI is InChI=1S/C14H13NO4/c1-7-4-9(5-7)15-12(16)10-3-2-8(14(18)19)6-11(10)13(15)17/h2-3,6-7,9H,4-5H2,1H3,(H,18,19). The number of imide groups is 1. The number of benzene rings is 1. The van der Waals surface area contributed by atoms with Gasteiger partial charge in [-0.3, -0.25) is 14.5 Å². The minimum atomic E-state index is -1.10. The molecule has 1 fully saturated rings. The molecule has 1 aromatic carbocycles. The first-order valence-corrected chi connectivity index (χ1v) is 6.24. The molecule has 2 amide bonds. The largest absolute Gasteiger partial charge is 0.478 e. The Morgan fingerprint density at radius 2 is 1.84 bits per heavy atom. The number of aromatic carboxylic acids is 1. The van der Waals surface area contributed by atoms with Crippen molar-refractivity contribution in [3.63, 3.8) is 0 Å². The van der Waals surface area contributed by atoms with Crippen molar-refractivity contribution in [2.45, 2.75) is 25.8 Å². The molecule has 1 aromatic rings. The highest BCUT2D eigenvalue weighted by Crippen LogP contribution is 2.36. The lowest BCUT2D eigenvalue weighted by Gasteiger charge is -2.38. The molecule has 1 saturated carbocycles. The summed E-state index contributed by atoms with van der Waals surface area (Å²) in [7, 11) is 0. The second-order valence-electron chi connectivity index (χ2n) is 5.28. The van der Waals surface area contributed by atoms with Crippen LogP contribution >= 0.6 is 0 Å². The molecule has 19 heavy (non-hydrogen) atoms. The third-order valence-electron chi connectivity index (χ3n) is 3.88. The minimum absolute atomic E-state index is 0.0312. The van der Waals surface area contributed by atoms with Crippen LogP contribution in [0, 0.1) is 5.92 Å². The average Bonchev–Trinajstić information content (AvgIpc) is 2.58. The fourth-order valence-corrected chi connectivity index (χ4v) is 2.79. The van der Waals surface area contributed by atoms with E-state index in [1.807, 2.05) is 0 Å². The molecule has 0 atom stereocenters. The second kappa shape index (κ2) is 3.91. The van der Waals surface area contributed by atoms with Crippen LogP contribution < -0.4 is 0 Å². The lowest BCUT2D eigenvalue weighted by Crippen LogP contribution is -2.46. The number of hydrogen-bond acceptors (Lipinski definition) is 3. The Kier molecular flexibility index (Phi) is 2.45. The van der Waals surface area contributed by atoms with Crippen molar-refractivity contribution in [1.29, 1.82) is 0 Å². The van der Waals surface area contributed by atoms with Crippen LogP contribution in [0.1, 0.15) is 50.8 Å². The summed E-state index contributed by atoms with van der Waals surface area (Å²) in [6, 6.07) is 4.05. The molecule has 0 spiro atoms. The predicted octanol–water partition coefficient (Wildman–Crippen LogP) is 1.78. The van der Waals surface area contributed by atoms with E-state index >= 15 is 0 Å². The van der Waals surface area contributed by atoms with E-state index in [-0.39, 0.29) is 29.0 Å². The van der Waals surface area contributed by atoms with Crippen molar-refractivity contribution in [3.05, 3.63) is 34.9 Å². The number of amides is 2. The molecule has 1 heterocycles. The summed E-state index contributed by atoms with van der Waals surface area (Å²) >= 11 is 0. The summed E-state index contributed by atoms with van der Waals surface area (Å²) in [4.78, 5) is 36.6. The van der Waals surface area contributed by atoms with E-state index in [9.17, 15) is 14.4 Å². The summed E-state index contributed by atoms with van der Waals surface area (Å²) in [5.41, 5.74) is 0.558. The topological polar surface area (TPSA) is 74.7 Å². The van der Waals surface area contributed by atoms with Crippen LogP contribution in [0.2, 0.25) is 0 Å². The molecule has 0 radical (unpaired) electrons. The molecule has 2 aliphatic rings. The number of hydrogen-bond donors (Lipinski definition) is 1. The summed E-state index contributed by atoms with van der Waals surface area (Å²) in [5, 5.41) is 8.93. The molecule has 5 nitrogen and oxygen atoms in total. The number of rotatable bonds is 2. The van der Waals surface area contributed by atoms with Crippen molar-refractivity contribution in [1.82, 2.24) is 4.90 Å². The van der Waals surface area contributed by atoms with Crippen molar-refractivity contribution in [2.75, 3.05) is 0 Å². The summed E-state index contributed by atoms with van der Waals surface area (Å²) in [5.74, 6) is -1.23. The van der Waals surface area contributed by atoms with Crippen molar-refractivity contribution in [3.8, 4) is 0 Å². The lowest BCUT2D eigenvalue weighted by molar-refractivity contribution is 0.0436. The maximum atomic E-state index is 12.2. The van der Waals surface area contributed by atoms with Crippen molar-refractivity contribution >= 4 is 17.8 Å². The highest BCUT2D eigenvalue weighted by atomic mass is 16.4. The zero-order valence-corrected chi connectivity index (χ0v) is 10.4. The maximum absolute atomic E-state index is 12.2. The molecule has 1 aliphatic heterocycles. The first-order chi connectivity index (χ1) is 8.99. The number of nitrogens with zero attached hydrogens (tertiary/aromatic N) is 1. The highest BCUT2D eigenvalue weighted by Gasteiger charge is 2.44. The van der Waals surface area contributed by atoms with Gasteiger partial charge in [0.05, 0.1) is 16.7 Å². The van der Waals surface area contributed by atoms with Gasteiger partial charge in [0.25, 0.3) is 11.8 Å². The van der Waals surface area contributed by atoms with Gasteiger partial charge in [-0.1, -0.05) is 6.92 Å². The fourth-order valence-electron chi connectivity index (χ4n) is 2.79. The molecule has 0 unspecified atom stereocenters. The van der Waals surface area contributed by atoms with Gasteiger partial charge in [-0.15, -0.1) is 0 Å². The summed E-state index contributed by atoms with van der Waals surface area (Å²) < 4.78 is 0. The monoisotopic (exact) mass is 259 g/mol. The van der Waals surface area contributed by atoms with Crippen LogP contribution in [0.5, 0.6) is 0 Å². The number of carboxylic acid groups (broad SMARTS) is 1. The molecule has 3 rings (SSSR count). The molecule has 0 bridgehead atoms. The molecule has 1 aliphatic carbocycles. The van der Waals surface area contributed by atoms with E-state index in [0.29, 0.717) is 11.5 Å². The van der Waals surface area contributed by atoms with E-state index in [1.54, 1.807) is 0 Å². The quantitative estimate of drug-likeness (QED) is 0.821. The second-order valence-corrected chi connectivity index (χ2v) is 5.28. The van der Waals surface area contributed by atoms with Crippen molar-refractivity contribution in [2.24, 2.45) is 5.92 Å². The Balaban J connectivity index is 1.97. The first-order valence-electron chi connectivity index (χ1n) is 6.24. The van der Waals surface area contributed by atoms with Crippen LogP contribution in [-0.4, -0.2) is 33.8 Å². The van der Waals surface area contributed by atoms with E-state index in [2.05, 4.69) is 6.92 Å². The Hall–Kier alpha value is -2.17. The van der Waals surface area contributed by atoms with Crippen LogP contribution in [0.25, 0.3) is 0 Å². The van der Waals surface area contributed by atoms with Gasteiger partial charge < -0.3 is 5.11 Å². The van der Waals surface area contributed by atoms with Gasteiger partial charge in [0.1, 0.15) is 0 Å². The Bertz CT molecular complexity index is 601. The van der Waals surface area contributed by atoms with E-state index < -0.39 is 5.97 Å². The molecule has 0 saturated heterocycles. The normalized spacial score (nSPS) is 25.2. The van der Waals surface area contributed by atoms with Gasteiger partial charge >= 0.3 is 5.97 Å². The van der Waals surface area contributed by atoms with Gasteiger partial charge in [0.2, 0.25) is 0 Å². The number of carbonyl (C=O) groups is 3. The van der Waals surface area contributed by atoms with E-state index in [0.717, 1.165) is 12.8 Å². The third-order valence-corrected chi connectivity index (χ3v) is 3.88. The number of fused-ring (bicyclic) bond motifs is 1.